The van der Waals surface area contributed by atoms with Gasteiger partial charge in [-0.2, -0.15) is 0 Å². The number of allylic oxidation sites excluding steroid dienone is 2. The topological polar surface area (TPSA) is 63.6 Å². The SMILES string of the molecule is C=CC(C/C=C/C(=O)O)C(C)C(=O)OC. The van der Waals surface area contributed by atoms with Gasteiger partial charge in [0, 0.05) is 6.08 Å². The van der Waals surface area contributed by atoms with Gasteiger partial charge >= 0.3 is 11.9 Å². The number of esters is 1. The number of hydrogen-bond acceptors (Lipinski definition) is 3. The summed E-state index contributed by atoms with van der Waals surface area (Å²) in [5.41, 5.74) is 0. The molecule has 0 saturated heterocycles. The molecule has 4 heteroatoms. The molecule has 0 aromatic carbocycles. The molecule has 0 fully saturated rings. The molecule has 4 nitrogen and oxygen atoms in total. The molecule has 0 radical (unpaired) electrons. The van der Waals surface area contributed by atoms with Gasteiger partial charge in [-0.05, 0) is 12.3 Å². The number of rotatable bonds is 6. The summed E-state index contributed by atoms with van der Waals surface area (Å²) in [5, 5.41) is 8.39. The lowest BCUT2D eigenvalue weighted by Crippen LogP contribution is -2.20. The van der Waals surface area contributed by atoms with Crippen molar-refractivity contribution < 1.29 is 19.4 Å². The van der Waals surface area contributed by atoms with Gasteiger partial charge in [-0.25, -0.2) is 4.79 Å². The van der Waals surface area contributed by atoms with Crippen molar-refractivity contribution in [2.45, 2.75) is 13.3 Å². The normalized spacial score (nSPS) is 14.5. The van der Waals surface area contributed by atoms with Crippen molar-refractivity contribution >= 4 is 11.9 Å². The van der Waals surface area contributed by atoms with E-state index in [4.69, 9.17) is 5.11 Å². The van der Waals surface area contributed by atoms with Gasteiger partial charge in [0.05, 0.1) is 13.0 Å². The van der Waals surface area contributed by atoms with E-state index >= 15 is 0 Å². The number of hydrogen-bond donors (Lipinski definition) is 1. The van der Waals surface area contributed by atoms with E-state index in [1.165, 1.54) is 13.2 Å². The maximum absolute atomic E-state index is 11.2. The number of methoxy groups -OCH3 is 1. The van der Waals surface area contributed by atoms with Crippen molar-refractivity contribution in [3.05, 3.63) is 24.8 Å². The van der Waals surface area contributed by atoms with E-state index in [9.17, 15) is 9.59 Å². The van der Waals surface area contributed by atoms with Gasteiger partial charge in [0.1, 0.15) is 0 Å². The summed E-state index contributed by atoms with van der Waals surface area (Å²) in [5.74, 6) is -1.73. The van der Waals surface area contributed by atoms with Crippen molar-refractivity contribution in [3.63, 3.8) is 0 Å². The molecule has 0 aliphatic rings. The van der Waals surface area contributed by atoms with Crippen LogP contribution in [0.25, 0.3) is 0 Å². The molecule has 0 aliphatic heterocycles. The van der Waals surface area contributed by atoms with Crippen LogP contribution in [0.3, 0.4) is 0 Å². The quantitative estimate of drug-likeness (QED) is 0.413. The standard InChI is InChI=1S/C11H16O4/c1-4-9(6-5-7-10(12)13)8(2)11(14)15-3/h4-5,7-9H,1,6H2,2-3H3,(H,12,13)/b7-5+. The lowest BCUT2D eigenvalue weighted by molar-refractivity contribution is -0.146. The van der Waals surface area contributed by atoms with Crippen LogP contribution in [0.4, 0.5) is 0 Å². The Hall–Kier alpha value is -1.58. The van der Waals surface area contributed by atoms with Crippen molar-refractivity contribution in [1.29, 1.82) is 0 Å². The average Bonchev–Trinajstić information content (AvgIpc) is 2.22. The Labute approximate surface area is 89.2 Å². The minimum Gasteiger partial charge on any atom is -0.478 e. The zero-order valence-electron chi connectivity index (χ0n) is 8.97. The maximum atomic E-state index is 11.2. The van der Waals surface area contributed by atoms with Gasteiger partial charge in [-0.3, -0.25) is 4.79 Å². The van der Waals surface area contributed by atoms with Crippen LogP contribution in [0.5, 0.6) is 0 Å². The fraction of sp³-hybridized carbons (Fsp3) is 0.455. The van der Waals surface area contributed by atoms with Crippen LogP contribution in [0.15, 0.2) is 24.8 Å². The molecule has 15 heavy (non-hydrogen) atoms. The fourth-order valence-corrected chi connectivity index (χ4v) is 1.19. The van der Waals surface area contributed by atoms with E-state index in [1.807, 2.05) is 0 Å². The third-order valence-corrected chi connectivity index (χ3v) is 2.19. The Bertz CT molecular complexity index is 268. The van der Waals surface area contributed by atoms with Crippen molar-refractivity contribution in [2.24, 2.45) is 11.8 Å². The second-order valence-electron chi connectivity index (χ2n) is 3.19. The van der Waals surface area contributed by atoms with Crippen LogP contribution in [0.1, 0.15) is 13.3 Å². The monoisotopic (exact) mass is 212 g/mol. The molecule has 0 saturated carbocycles. The molecule has 2 atom stereocenters. The minimum absolute atomic E-state index is 0.104. The van der Waals surface area contributed by atoms with Gasteiger partial charge in [0.25, 0.3) is 0 Å². The molecule has 1 N–H and O–H groups in total. The molecular weight excluding hydrogens is 196 g/mol. The smallest absolute Gasteiger partial charge is 0.327 e. The Morgan fingerprint density at radius 3 is 2.53 bits per heavy atom. The van der Waals surface area contributed by atoms with E-state index in [1.54, 1.807) is 13.0 Å². The number of ether oxygens (including phenoxy) is 1. The lowest BCUT2D eigenvalue weighted by Gasteiger charge is -2.16. The van der Waals surface area contributed by atoms with Gasteiger partial charge < -0.3 is 9.84 Å². The minimum atomic E-state index is -0.997. The molecule has 2 unspecified atom stereocenters. The predicted molar refractivity (Wildman–Crippen MR) is 56.3 cm³/mol. The third kappa shape index (κ3) is 5.00. The van der Waals surface area contributed by atoms with E-state index in [-0.39, 0.29) is 17.8 Å². The van der Waals surface area contributed by atoms with Gasteiger partial charge in [-0.1, -0.05) is 19.1 Å². The molecule has 0 amide bonds. The van der Waals surface area contributed by atoms with Crippen molar-refractivity contribution in [2.75, 3.05) is 7.11 Å². The van der Waals surface area contributed by atoms with Crippen molar-refractivity contribution in [3.8, 4) is 0 Å². The van der Waals surface area contributed by atoms with E-state index in [0.717, 1.165) is 6.08 Å². The highest BCUT2D eigenvalue weighted by atomic mass is 16.5. The average molecular weight is 212 g/mol. The largest absolute Gasteiger partial charge is 0.478 e. The summed E-state index contributed by atoms with van der Waals surface area (Å²) >= 11 is 0. The first-order valence-corrected chi connectivity index (χ1v) is 4.62. The Morgan fingerprint density at radius 1 is 1.53 bits per heavy atom. The van der Waals surface area contributed by atoms with Crippen LogP contribution in [0, 0.1) is 11.8 Å². The van der Waals surface area contributed by atoms with Crippen LogP contribution in [-0.4, -0.2) is 24.2 Å². The first kappa shape index (κ1) is 13.4. The Kier molecular flexibility index (Phi) is 6.09. The maximum Gasteiger partial charge on any atom is 0.327 e. The first-order chi connectivity index (χ1) is 7.02. The summed E-state index contributed by atoms with van der Waals surface area (Å²) in [7, 11) is 1.33. The van der Waals surface area contributed by atoms with Gasteiger partial charge in [0.15, 0.2) is 0 Å². The van der Waals surface area contributed by atoms with E-state index in [2.05, 4.69) is 11.3 Å². The summed E-state index contributed by atoms with van der Waals surface area (Å²) in [6.07, 6.45) is 4.66. The number of carbonyl (C=O) groups excluding carboxylic acids is 1. The van der Waals surface area contributed by atoms with Crippen LogP contribution >= 0.6 is 0 Å². The first-order valence-electron chi connectivity index (χ1n) is 4.62. The number of carboxylic acids is 1. The number of carboxylic acid groups (broad SMARTS) is 1. The molecule has 0 heterocycles. The highest BCUT2D eigenvalue weighted by Crippen LogP contribution is 2.18. The zero-order valence-corrected chi connectivity index (χ0v) is 8.97. The summed E-state index contributed by atoms with van der Waals surface area (Å²) in [6, 6.07) is 0. The molecule has 84 valence electrons. The molecule has 0 bridgehead atoms. The van der Waals surface area contributed by atoms with E-state index < -0.39 is 5.97 Å². The third-order valence-electron chi connectivity index (χ3n) is 2.19. The van der Waals surface area contributed by atoms with Crippen molar-refractivity contribution in [1.82, 2.24) is 0 Å². The fourth-order valence-electron chi connectivity index (χ4n) is 1.19. The Morgan fingerprint density at radius 2 is 2.13 bits per heavy atom. The lowest BCUT2D eigenvalue weighted by atomic mass is 9.91. The number of carbonyl (C=O) groups is 2. The van der Waals surface area contributed by atoms with Crippen LogP contribution in [-0.2, 0) is 14.3 Å². The summed E-state index contributed by atoms with van der Waals surface area (Å²) in [4.78, 5) is 21.4. The Balaban J connectivity index is 4.30. The van der Waals surface area contributed by atoms with Gasteiger partial charge in [0.2, 0.25) is 0 Å². The second-order valence-corrected chi connectivity index (χ2v) is 3.19. The highest BCUT2D eigenvalue weighted by molar-refractivity contribution is 5.79. The molecule has 0 aromatic rings. The number of aliphatic carboxylic acids is 1. The summed E-state index contributed by atoms with van der Waals surface area (Å²) in [6.45, 7) is 5.34. The molecule has 0 spiro atoms. The highest BCUT2D eigenvalue weighted by Gasteiger charge is 2.20. The molecule has 0 aromatic heterocycles. The zero-order chi connectivity index (χ0) is 11.8. The van der Waals surface area contributed by atoms with E-state index in [0.29, 0.717) is 6.42 Å². The van der Waals surface area contributed by atoms with Crippen LogP contribution < -0.4 is 0 Å². The second kappa shape index (κ2) is 6.81. The summed E-state index contributed by atoms with van der Waals surface area (Å²) < 4.78 is 4.60. The molecule has 0 rings (SSSR count). The van der Waals surface area contributed by atoms with Gasteiger partial charge in [-0.15, -0.1) is 6.58 Å². The predicted octanol–water partition coefficient (Wildman–Crippen LogP) is 1.63. The van der Waals surface area contributed by atoms with Crippen LogP contribution in [0.2, 0.25) is 0 Å². The molecule has 0 aliphatic carbocycles. The molecular formula is C11H16O4.